The molecule has 1 aromatic carbocycles. The topological polar surface area (TPSA) is 47.1 Å². The van der Waals surface area contributed by atoms with Gasteiger partial charge < -0.3 is 15.2 Å². The van der Waals surface area contributed by atoms with Crippen LogP contribution in [0.3, 0.4) is 0 Å². The lowest BCUT2D eigenvalue weighted by Crippen LogP contribution is -2.16. The molecular weight excluding hydrogens is 331 g/mol. The molecule has 0 fully saturated rings. The summed E-state index contributed by atoms with van der Waals surface area (Å²) in [4.78, 5) is 6.88. The molecule has 0 bridgehead atoms. The third kappa shape index (κ3) is 6.01. The van der Waals surface area contributed by atoms with E-state index in [0.717, 1.165) is 37.3 Å². The average molecular weight is 356 g/mol. The van der Waals surface area contributed by atoms with Crippen molar-refractivity contribution >= 4 is 48.3 Å². The minimum Gasteiger partial charge on any atom is -0.330 e. The number of halogens is 3. The third-order valence-corrected chi connectivity index (χ3v) is 3.09. The van der Waals surface area contributed by atoms with E-state index in [1.54, 1.807) is 0 Å². The zero-order chi connectivity index (χ0) is 13.0. The number of nitrogens with zero attached hydrogens (tertiary/aromatic N) is 3. The van der Waals surface area contributed by atoms with Crippen molar-refractivity contribution in [2.75, 3.05) is 27.2 Å². The number of hydrogen-bond donors (Lipinski definition) is 1. The second-order valence-corrected chi connectivity index (χ2v) is 4.86. The SMILES string of the molecule is CN(C)CCCn1c(CCN)nc2ccccc21.Cl.Cl.Cl. The van der Waals surface area contributed by atoms with Crippen LogP contribution in [-0.4, -0.2) is 41.6 Å². The van der Waals surface area contributed by atoms with E-state index in [4.69, 9.17) is 5.73 Å². The molecule has 4 nitrogen and oxygen atoms in total. The highest BCUT2D eigenvalue weighted by Gasteiger charge is 2.09. The van der Waals surface area contributed by atoms with Crippen molar-refractivity contribution in [3.05, 3.63) is 30.1 Å². The van der Waals surface area contributed by atoms with Crippen molar-refractivity contribution in [1.82, 2.24) is 14.5 Å². The van der Waals surface area contributed by atoms with E-state index in [1.165, 1.54) is 5.52 Å². The summed E-state index contributed by atoms with van der Waals surface area (Å²) in [6.07, 6.45) is 1.97. The molecule has 0 aliphatic rings. The minimum absolute atomic E-state index is 0. The molecular formula is C14H25Cl3N4. The second-order valence-electron chi connectivity index (χ2n) is 4.86. The van der Waals surface area contributed by atoms with Gasteiger partial charge >= 0.3 is 0 Å². The highest BCUT2D eigenvalue weighted by Crippen LogP contribution is 2.16. The second kappa shape index (κ2) is 11.1. The van der Waals surface area contributed by atoms with E-state index < -0.39 is 0 Å². The van der Waals surface area contributed by atoms with E-state index in [-0.39, 0.29) is 37.2 Å². The molecule has 122 valence electrons. The van der Waals surface area contributed by atoms with Gasteiger partial charge in [0.1, 0.15) is 5.82 Å². The Morgan fingerprint density at radius 3 is 2.43 bits per heavy atom. The lowest BCUT2D eigenvalue weighted by atomic mass is 10.3. The van der Waals surface area contributed by atoms with E-state index in [0.29, 0.717) is 6.54 Å². The summed E-state index contributed by atoms with van der Waals surface area (Å²) in [5.41, 5.74) is 7.96. The fourth-order valence-corrected chi connectivity index (χ4v) is 2.24. The Labute approximate surface area is 145 Å². The molecule has 0 amide bonds. The Hall–Kier alpha value is -0.520. The molecule has 0 aliphatic heterocycles. The summed E-state index contributed by atoms with van der Waals surface area (Å²) in [5.74, 6) is 1.11. The Bertz CT molecular complexity index is 514. The summed E-state index contributed by atoms with van der Waals surface area (Å²) >= 11 is 0. The number of fused-ring (bicyclic) bond motifs is 1. The molecule has 0 saturated carbocycles. The van der Waals surface area contributed by atoms with Crippen molar-refractivity contribution in [3.63, 3.8) is 0 Å². The predicted octanol–water partition coefficient (Wildman–Crippen LogP) is 2.75. The molecule has 21 heavy (non-hydrogen) atoms. The molecule has 0 saturated heterocycles. The molecule has 0 radical (unpaired) electrons. The van der Waals surface area contributed by atoms with Crippen molar-refractivity contribution in [3.8, 4) is 0 Å². The van der Waals surface area contributed by atoms with Crippen molar-refractivity contribution in [2.24, 2.45) is 5.73 Å². The normalized spacial score (nSPS) is 9.90. The molecule has 7 heteroatoms. The first-order valence-corrected chi connectivity index (χ1v) is 6.51. The van der Waals surface area contributed by atoms with E-state index in [1.807, 2.05) is 6.07 Å². The maximum absolute atomic E-state index is 5.67. The Balaban J connectivity index is 0. The van der Waals surface area contributed by atoms with E-state index >= 15 is 0 Å². The molecule has 0 unspecified atom stereocenters. The third-order valence-electron chi connectivity index (χ3n) is 3.09. The highest BCUT2D eigenvalue weighted by molar-refractivity contribution is 5.86. The van der Waals surface area contributed by atoms with Gasteiger partial charge in [-0.1, -0.05) is 12.1 Å². The number of hydrogen-bond acceptors (Lipinski definition) is 3. The molecule has 2 rings (SSSR count). The largest absolute Gasteiger partial charge is 0.330 e. The fourth-order valence-electron chi connectivity index (χ4n) is 2.24. The number of para-hydroxylation sites is 2. The summed E-state index contributed by atoms with van der Waals surface area (Å²) in [7, 11) is 4.21. The molecule has 2 aromatic rings. The quantitative estimate of drug-likeness (QED) is 0.866. The van der Waals surface area contributed by atoms with Gasteiger partial charge in [-0.3, -0.25) is 0 Å². The maximum atomic E-state index is 5.67. The average Bonchev–Trinajstić information content (AvgIpc) is 2.68. The van der Waals surface area contributed by atoms with Gasteiger partial charge in [-0.25, -0.2) is 4.98 Å². The molecule has 1 aromatic heterocycles. The van der Waals surface area contributed by atoms with Crippen LogP contribution in [0.15, 0.2) is 24.3 Å². The first-order chi connectivity index (χ1) is 8.72. The van der Waals surface area contributed by atoms with Crippen LogP contribution >= 0.6 is 37.2 Å². The van der Waals surface area contributed by atoms with Gasteiger partial charge in [0.05, 0.1) is 11.0 Å². The van der Waals surface area contributed by atoms with E-state index in [2.05, 4.69) is 46.7 Å². The number of rotatable bonds is 6. The summed E-state index contributed by atoms with van der Waals surface area (Å²) in [6.45, 7) is 2.75. The zero-order valence-electron chi connectivity index (χ0n) is 12.5. The number of imidazole rings is 1. The monoisotopic (exact) mass is 354 g/mol. The zero-order valence-corrected chi connectivity index (χ0v) is 14.9. The van der Waals surface area contributed by atoms with Crippen LogP contribution in [0, 0.1) is 0 Å². The summed E-state index contributed by atoms with van der Waals surface area (Å²) in [5, 5.41) is 0. The van der Waals surface area contributed by atoms with Crippen LogP contribution in [0.1, 0.15) is 12.2 Å². The Morgan fingerprint density at radius 2 is 1.81 bits per heavy atom. The van der Waals surface area contributed by atoms with Crippen molar-refractivity contribution < 1.29 is 0 Å². The fraction of sp³-hybridized carbons (Fsp3) is 0.500. The first kappa shape index (κ1) is 22.8. The van der Waals surface area contributed by atoms with Gasteiger partial charge in [-0.05, 0) is 45.7 Å². The number of benzene rings is 1. The maximum Gasteiger partial charge on any atom is 0.111 e. The lowest BCUT2D eigenvalue weighted by molar-refractivity contribution is 0.386. The number of aromatic nitrogens is 2. The van der Waals surface area contributed by atoms with Gasteiger partial charge in [-0.2, -0.15) is 0 Å². The van der Waals surface area contributed by atoms with Crippen molar-refractivity contribution in [2.45, 2.75) is 19.4 Å². The summed E-state index contributed by atoms with van der Waals surface area (Å²) in [6, 6.07) is 8.31. The molecule has 0 spiro atoms. The first-order valence-electron chi connectivity index (χ1n) is 6.51. The van der Waals surface area contributed by atoms with Crippen molar-refractivity contribution in [1.29, 1.82) is 0 Å². The molecule has 0 atom stereocenters. The van der Waals surface area contributed by atoms with Gasteiger partial charge in [0.2, 0.25) is 0 Å². The molecule has 1 heterocycles. The minimum atomic E-state index is 0. The Morgan fingerprint density at radius 1 is 1.14 bits per heavy atom. The van der Waals surface area contributed by atoms with Crippen LogP contribution in [0.4, 0.5) is 0 Å². The smallest absolute Gasteiger partial charge is 0.111 e. The van der Waals surface area contributed by atoms with Crippen LogP contribution in [-0.2, 0) is 13.0 Å². The van der Waals surface area contributed by atoms with Gasteiger partial charge in [0.15, 0.2) is 0 Å². The molecule has 2 N–H and O–H groups in total. The highest BCUT2D eigenvalue weighted by atomic mass is 35.5. The van der Waals surface area contributed by atoms with Gasteiger partial charge in [0.25, 0.3) is 0 Å². The standard InChI is InChI=1S/C14H22N4.3ClH/c1-17(2)10-5-11-18-13-7-4-3-6-12(13)16-14(18)8-9-15;;;/h3-4,6-7H,5,8-11,15H2,1-2H3;3*1H. The van der Waals surface area contributed by atoms with Gasteiger partial charge in [0, 0.05) is 13.0 Å². The summed E-state index contributed by atoms with van der Waals surface area (Å²) < 4.78 is 2.31. The molecule has 0 aliphatic carbocycles. The van der Waals surface area contributed by atoms with E-state index in [9.17, 15) is 0 Å². The Kier molecular flexibility index (Phi) is 12.0. The van der Waals surface area contributed by atoms with Crippen LogP contribution in [0.25, 0.3) is 11.0 Å². The van der Waals surface area contributed by atoms with Crippen LogP contribution in [0.2, 0.25) is 0 Å². The predicted molar refractivity (Wildman–Crippen MR) is 97.4 cm³/mol. The number of nitrogens with two attached hydrogens (primary N) is 1. The van der Waals surface area contributed by atoms with Crippen LogP contribution < -0.4 is 5.73 Å². The van der Waals surface area contributed by atoms with Gasteiger partial charge in [-0.15, -0.1) is 37.2 Å². The van der Waals surface area contributed by atoms with Crippen LogP contribution in [0.5, 0.6) is 0 Å². The lowest BCUT2D eigenvalue weighted by Gasteiger charge is -2.12. The number of aryl methyl sites for hydroxylation is 1.